The molecule has 3 aromatic rings. The van der Waals surface area contributed by atoms with E-state index in [9.17, 15) is 0 Å². The van der Waals surface area contributed by atoms with Crippen LogP contribution in [0, 0.1) is 13.8 Å². The number of aryl methyl sites for hydroxylation is 3. The largest absolute Gasteiger partial charge is 0.359 e. The number of allylic oxidation sites excluding steroid dienone is 2. The highest BCUT2D eigenvalue weighted by molar-refractivity contribution is 6.23. The molecule has 138 valence electrons. The number of benzene rings is 2. The van der Waals surface area contributed by atoms with Crippen LogP contribution in [0.25, 0.3) is 11.6 Å². The standard InChI is InChI=1S/C26H24N2/c1-17-15-18(2)27-23(17)16-24-25(20-10-4-3-5-11-20)22-14-8-12-19-9-6-7-13-21(19)26(22)28-24/h3-7,9-11,13,15-16,27H,8,12,14H2,1-2H3. The fraction of sp³-hybridized carbons (Fsp3) is 0.192. The van der Waals surface area contributed by atoms with Gasteiger partial charge in [0.1, 0.15) is 0 Å². The van der Waals surface area contributed by atoms with E-state index in [2.05, 4.69) is 85.6 Å². The smallest absolute Gasteiger partial charge is 0.0751 e. The van der Waals surface area contributed by atoms with Gasteiger partial charge in [-0.05, 0) is 67.5 Å². The van der Waals surface area contributed by atoms with E-state index in [-0.39, 0.29) is 0 Å². The van der Waals surface area contributed by atoms with Crippen molar-refractivity contribution in [3.8, 4) is 0 Å². The Kier molecular flexibility index (Phi) is 4.12. The van der Waals surface area contributed by atoms with Crippen LogP contribution in [0.3, 0.4) is 0 Å². The van der Waals surface area contributed by atoms with Gasteiger partial charge in [0.15, 0.2) is 0 Å². The van der Waals surface area contributed by atoms with E-state index >= 15 is 0 Å². The van der Waals surface area contributed by atoms with Crippen molar-refractivity contribution in [1.82, 2.24) is 4.98 Å². The lowest BCUT2D eigenvalue weighted by molar-refractivity contribution is 0.842. The molecule has 2 aliphatic rings. The van der Waals surface area contributed by atoms with Crippen LogP contribution in [-0.4, -0.2) is 10.7 Å². The van der Waals surface area contributed by atoms with Crippen molar-refractivity contribution in [2.75, 3.05) is 0 Å². The summed E-state index contributed by atoms with van der Waals surface area (Å²) in [5.74, 6) is 0. The van der Waals surface area contributed by atoms with Crippen LogP contribution in [0.5, 0.6) is 0 Å². The fourth-order valence-electron chi connectivity index (χ4n) is 4.48. The fourth-order valence-corrected chi connectivity index (χ4v) is 4.48. The molecule has 0 spiro atoms. The summed E-state index contributed by atoms with van der Waals surface area (Å²) >= 11 is 0. The summed E-state index contributed by atoms with van der Waals surface area (Å²) in [7, 11) is 0. The zero-order valence-electron chi connectivity index (χ0n) is 16.4. The average molecular weight is 364 g/mol. The third kappa shape index (κ3) is 2.86. The van der Waals surface area contributed by atoms with Gasteiger partial charge in [0.25, 0.3) is 0 Å². The SMILES string of the molecule is Cc1cc(C)c(C=C2N=C3C(=C2c2ccccc2)CCCc2ccccc23)[nH]1. The van der Waals surface area contributed by atoms with Crippen molar-refractivity contribution in [1.29, 1.82) is 0 Å². The predicted octanol–water partition coefficient (Wildman–Crippen LogP) is 6.27. The first-order valence-electron chi connectivity index (χ1n) is 10.0. The van der Waals surface area contributed by atoms with Gasteiger partial charge in [0, 0.05) is 22.5 Å². The van der Waals surface area contributed by atoms with Crippen LogP contribution in [0.4, 0.5) is 0 Å². The Bertz CT molecular complexity index is 1140. The summed E-state index contributed by atoms with van der Waals surface area (Å²) in [4.78, 5) is 8.69. The maximum Gasteiger partial charge on any atom is 0.0751 e. The number of H-pyrrole nitrogens is 1. The highest BCUT2D eigenvalue weighted by Gasteiger charge is 2.28. The monoisotopic (exact) mass is 364 g/mol. The predicted molar refractivity (Wildman–Crippen MR) is 118 cm³/mol. The van der Waals surface area contributed by atoms with Gasteiger partial charge in [-0.2, -0.15) is 0 Å². The molecule has 1 aromatic heterocycles. The normalized spacial score (nSPS) is 17.4. The van der Waals surface area contributed by atoms with Crippen molar-refractivity contribution < 1.29 is 0 Å². The van der Waals surface area contributed by atoms with Crippen LogP contribution in [0.2, 0.25) is 0 Å². The lowest BCUT2D eigenvalue weighted by Crippen LogP contribution is -2.02. The lowest BCUT2D eigenvalue weighted by atomic mass is 9.92. The minimum Gasteiger partial charge on any atom is -0.359 e. The van der Waals surface area contributed by atoms with Crippen molar-refractivity contribution in [3.63, 3.8) is 0 Å². The molecule has 2 heteroatoms. The number of fused-ring (bicyclic) bond motifs is 3. The molecular formula is C26H24N2. The molecule has 2 aromatic carbocycles. The van der Waals surface area contributed by atoms with Gasteiger partial charge in [-0.3, -0.25) is 0 Å². The van der Waals surface area contributed by atoms with Gasteiger partial charge in [0.05, 0.1) is 11.4 Å². The number of aromatic nitrogens is 1. The van der Waals surface area contributed by atoms with E-state index in [0.29, 0.717) is 0 Å². The average Bonchev–Trinajstić information content (AvgIpc) is 3.15. The molecule has 0 saturated heterocycles. The van der Waals surface area contributed by atoms with E-state index in [0.717, 1.165) is 30.7 Å². The summed E-state index contributed by atoms with van der Waals surface area (Å²) in [5, 5.41) is 0. The highest BCUT2D eigenvalue weighted by Crippen LogP contribution is 2.41. The molecule has 0 bridgehead atoms. The molecule has 2 nitrogen and oxygen atoms in total. The van der Waals surface area contributed by atoms with Crippen LogP contribution >= 0.6 is 0 Å². The molecule has 0 amide bonds. The number of nitrogens with one attached hydrogen (secondary N) is 1. The molecule has 1 N–H and O–H groups in total. The minimum absolute atomic E-state index is 1.07. The first kappa shape index (κ1) is 17.0. The number of hydrogen-bond donors (Lipinski definition) is 1. The molecule has 5 rings (SSSR count). The molecule has 2 heterocycles. The molecule has 1 aliphatic carbocycles. The molecule has 0 unspecified atom stereocenters. The summed E-state index contributed by atoms with van der Waals surface area (Å²) in [6.07, 6.45) is 5.57. The highest BCUT2D eigenvalue weighted by atomic mass is 14.8. The zero-order chi connectivity index (χ0) is 19.1. The third-order valence-corrected chi connectivity index (χ3v) is 5.75. The van der Waals surface area contributed by atoms with Crippen molar-refractivity contribution in [2.24, 2.45) is 4.99 Å². The van der Waals surface area contributed by atoms with Gasteiger partial charge < -0.3 is 4.98 Å². The first-order chi connectivity index (χ1) is 13.7. The minimum atomic E-state index is 1.07. The van der Waals surface area contributed by atoms with E-state index in [1.165, 1.54) is 44.8 Å². The van der Waals surface area contributed by atoms with E-state index in [4.69, 9.17) is 4.99 Å². The maximum absolute atomic E-state index is 5.20. The molecule has 0 radical (unpaired) electrons. The summed E-state index contributed by atoms with van der Waals surface area (Å²) in [5.41, 5.74) is 12.5. The molecule has 0 saturated carbocycles. The molecule has 0 atom stereocenters. The summed E-state index contributed by atoms with van der Waals surface area (Å²) in [6, 6.07) is 21.7. The Balaban J connectivity index is 1.75. The van der Waals surface area contributed by atoms with Crippen molar-refractivity contribution >= 4 is 17.4 Å². The second kappa shape index (κ2) is 6.79. The zero-order valence-corrected chi connectivity index (χ0v) is 16.4. The molecule has 0 fully saturated rings. The number of nitrogens with zero attached hydrogens (tertiary/aromatic N) is 1. The van der Waals surface area contributed by atoms with Crippen LogP contribution in [0.1, 0.15) is 46.5 Å². The van der Waals surface area contributed by atoms with Gasteiger partial charge in [0.2, 0.25) is 0 Å². The van der Waals surface area contributed by atoms with Crippen molar-refractivity contribution in [2.45, 2.75) is 33.1 Å². The second-order valence-electron chi connectivity index (χ2n) is 7.77. The number of rotatable bonds is 2. The van der Waals surface area contributed by atoms with E-state index < -0.39 is 0 Å². The lowest BCUT2D eigenvalue weighted by Gasteiger charge is -2.09. The van der Waals surface area contributed by atoms with Gasteiger partial charge >= 0.3 is 0 Å². The van der Waals surface area contributed by atoms with Crippen LogP contribution in [0.15, 0.2) is 76.9 Å². The Morgan fingerprint density at radius 3 is 2.50 bits per heavy atom. The Hall–Kier alpha value is -3.13. The topological polar surface area (TPSA) is 28.1 Å². The van der Waals surface area contributed by atoms with Crippen LogP contribution < -0.4 is 0 Å². The molecule has 1 aliphatic heterocycles. The van der Waals surface area contributed by atoms with E-state index in [1.54, 1.807) is 0 Å². The summed E-state index contributed by atoms with van der Waals surface area (Å²) < 4.78 is 0. The Morgan fingerprint density at radius 1 is 0.929 bits per heavy atom. The summed E-state index contributed by atoms with van der Waals surface area (Å²) in [6.45, 7) is 4.26. The molecular weight excluding hydrogens is 340 g/mol. The Morgan fingerprint density at radius 2 is 1.71 bits per heavy atom. The number of aromatic amines is 1. The quantitative estimate of drug-likeness (QED) is 0.555. The van der Waals surface area contributed by atoms with Gasteiger partial charge in [-0.1, -0.05) is 54.6 Å². The first-order valence-corrected chi connectivity index (χ1v) is 10.0. The van der Waals surface area contributed by atoms with Crippen molar-refractivity contribution in [3.05, 3.63) is 106 Å². The van der Waals surface area contributed by atoms with Gasteiger partial charge in [-0.25, -0.2) is 4.99 Å². The second-order valence-corrected chi connectivity index (χ2v) is 7.77. The maximum atomic E-state index is 5.20. The van der Waals surface area contributed by atoms with Gasteiger partial charge in [-0.15, -0.1) is 0 Å². The number of aliphatic imine (C=N–C) groups is 1. The third-order valence-electron chi connectivity index (χ3n) is 5.75. The molecule has 28 heavy (non-hydrogen) atoms. The van der Waals surface area contributed by atoms with E-state index in [1.807, 2.05) is 0 Å². The van der Waals surface area contributed by atoms with Crippen LogP contribution in [-0.2, 0) is 6.42 Å². The Labute approximate surface area is 166 Å². The number of hydrogen-bond acceptors (Lipinski definition) is 1.